The number of hydrogen-bond donors (Lipinski definition) is 1. The predicted octanol–water partition coefficient (Wildman–Crippen LogP) is 2.35. The summed E-state index contributed by atoms with van der Waals surface area (Å²) in [6, 6.07) is 0. The highest BCUT2D eigenvalue weighted by molar-refractivity contribution is 7.91. The van der Waals surface area contributed by atoms with Crippen molar-refractivity contribution >= 4 is 9.84 Å². The quantitative estimate of drug-likeness (QED) is 0.845. The Kier molecular flexibility index (Phi) is 4.64. The fourth-order valence-electron chi connectivity index (χ4n) is 3.19. The van der Waals surface area contributed by atoms with E-state index >= 15 is 0 Å². The Labute approximate surface area is 106 Å². The van der Waals surface area contributed by atoms with Gasteiger partial charge in [0, 0.05) is 11.8 Å². The minimum absolute atomic E-state index is 0.172. The van der Waals surface area contributed by atoms with Crippen LogP contribution in [0, 0.1) is 11.8 Å². The number of sulfone groups is 1. The van der Waals surface area contributed by atoms with Crippen molar-refractivity contribution < 1.29 is 8.42 Å². The fraction of sp³-hybridized carbons (Fsp3) is 1.00. The molecule has 0 aromatic carbocycles. The Morgan fingerprint density at radius 1 is 1.35 bits per heavy atom. The molecule has 1 aliphatic rings. The highest BCUT2D eigenvalue weighted by atomic mass is 32.2. The second-order valence-electron chi connectivity index (χ2n) is 5.94. The molecule has 2 N–H and O–H groups in total. The Morgan fingerprint density at radius 2 is 1.94 bits per heavy atom. The van der Waals surface area contributed by atoms with Crippen molar-refractivity contribution in [1.82, 2.24) is 0 Å². The van der Waals surface area contributed by atoms with Crippen LogP contribution in [0.4, 0.5) is 0 Å². The van der Waals surface area contributed by atoms with Crippen molar-refractivity contribution in [3.05, 3.63) is 0 Å². The van der Waals surface area contributed by atoms with Gasteiger partial charge in [-0.2, -0.15) is 0 Å². The molecule has 1 saturated carbocycles. The van der Waals surface area contributed by atoms with Crippen molar-refractivity contribution in [3.63, 3.8) is 0 Å². The van der Waals surface area contributed by atoms with Crippen LogP contribution in [0.1, 0.15) is 52.9 Å². The maximum absolute atomic E-state index is 11.7. The van der Waals surface area contributed by atoms with Gasteiger partial charge in [-0.3, -0.25) is 0 Å². The fourth-order valence-corrected chi connectivity index (χ4v) is 4.37. The van der Waals surface area contributed by atoms with Gasteiger partial charge in [0.2, 0.25) is 0 Å². The van der Waals surface area contributed by atoms with Gasteiger partial charge in [0.25, 0.3) is 0 Å². The van der Waals surface area contributed by atoms with Gasteiger partial charge in [-0.05, 0) is 37.5 Å². The van der Waals surface area contributed by atoms with E-state index in [1.807, 2.05) is 0 Å². The third-order valence-electron chi connectivity index (χ3n) is 4.68. The highest BCUT2D eigenvalue weighted by Crippen LogP contribution is 2.39. The van der Waals surface area contributed by atoms with Crippen molar-refractivity contribution in [2.24, 2.45) is 17.6 Å². The summed E-state index contributed by atoms with van der Waals surface area (Å²) in [5.74, 6) is 0.747. The first-order valence-corrected chi connectivity index (χ1v) is 8.65. The standard InChI is InChI=1S/C13H27NO2S/c1-5-13(14,10(2)3)11-7-6-8-12(9-11)17(4,15)16/h10-12H,5-9,14H2,1-4H3. The van der Waals surface area contributed by atoms with E-state index in [1.54, 1.807) is 0 Å². The van der Waals surface area contributed by atoms with Crippen LogP contribution in [0.5, 0.6) is 0 Å². The summed E-state index contributed by atoms with van der Waals surface area (Å²) >= 11 is 0. The first-order valence-electron chi connectivity index (χ1n) is 6.69. The van der Waals surface area contributed by atoms with Crippen molar-refractivity contribution in [1.29, 1.82) is 0 Å². The lowest BCUT2D eigenvalue weighted by Crippen LogP contribution is -2.53. The van der Waals surface area contributed by atoms with Crippen LogP contribution in [0.15, 0.2) is 0 Å². The van der Waals surface area contributed by atoms with E-state index in [0.29, 0.717) is 11.8 Å². The summed E-state index contributed by atoms with van der Waals surface area (Å²) in [6.45, 7) is 6.41. The van der Waals surface area contributed by atoms with Crippen LogP contribution in [0.2, 0.25) is 0 Å². The molecule has 1 aliphatic carbocycles. The minimum Gasteiger partial charge on any atom is -0.325 e. The van der Waals surface area contributed by atoms with Crippen molar-refractivity contribution in [2.45, 2.75) is 63.7 Å². The summed E-state index contributed by atoms with van der Waals surface area (Å²) < 4.78 is 23.4. The van der Waals surface area contributed by atoms with Crippen LogP contribution >= 0.6 is 0 Å². The summed E-state index contributed by atoms with van der Waals surface area (Å²) in [4.78, 5) is 0. The molecule has 102 valence electrons. The average Bonchev–Trinajstić information content (AvgIpc) is 2.26. The molecule has 0 heterocycles. The zero-order valence-corrected chi connectivity index (χ0v) is 12.4. The van der Waals surface area contributed by atoms with E-state index in [2.05, 4.69) is 20.8 Å². The SMILES string of the molecule is CCC(N)(C(C)C)C1CCCC(S(C)(=O)=O)C1. The Balaban J connectivity index is 2.86. The first-order chi connectivity index (χ1) is 7.71. The average molecular weight is 261 g/mol. The molecule has 1 fully saturated rings. The van der Waals surface area contributed by atoms with E-state index in [-0.39, 0.29) is 10.8 Å². The van der Waals surface area contributed by atoms with Crippen LogP contribution in [0.25, 0.3) is 0 Å². The zero-order valence-electron chi connectivity index (χ0n) is 11.6. The van der Waals surface area contributed by atoms with Gasteiger partial charge in [-0.25, -0.2) is 8.42 Å². The molecule has 0 bridgehead atoms. The molecule has 17 heavy (non-hydrogen) atoms. The molecule has 0 radical (unpaired) electrons. The van der Waals surface area contributed by atoms with E-state index in [4.69, 9.17) is 5.73 Å². The van der Waals surface area contributed by atoms with Gasteiger partial charge >= 0.3 is 0 Å². The van der Waals surface area contributed by atoms with Gasteiger partial charge in [0.15, 0.2) is 0 Å². The molecule has 3 atom stereocenters. The Morgan fingerprint density at radius 3 is 2.35 bits per heavy atom. The number of hydrogen-bond acceptors (Lipinski definition) is 3. The largest absolute Gasteiger partial charge is 0.325 e. The molecule has 1 rings (SSSR count). The van der Waals surface area contributed by atoms with Crippen LogP contribution in [-0.4, -0.2) is 25.5 Å². The maximum atomic E-state index is 11.7. The van der Waals surface area contributed by atoms with E-state index in [9.17, 15) is 8.42 Å². The molecular weight excluding hydrogens is 234 g/mol. The topological polar surface area (TPSA) is 60.2 Å². The number of nitrogens with two attached hydrogens (primary N) is 1. The molecule has 0 aromatic heterocycles. The highest BCUT2D eigenvalue weighted by Gasteiger charge is 2.40. The molecule has 0 spiro atoms. The molecule has 0 aliphatic heterocycles. The Hall–Kier alpha value is -0.0900. The molecular formula is C13H27NO2S. The summed E-state index contributed by atoms with van der Waals surface area (Å²) in [5.41, 5.74) is 6.32. The lowest BCUT2D eigenvalue weighted by molar-refractivity contribution is 0.148. The van der Waals surface area contributed by atoms with Crippen molar-refractivity contribution in [3.8, 4) is 0 Å². The third kappa shape index (κ3) is 3.22. The van der Waals surface area contributed by atoms with Gasteiger partial charge in [0.05, 0.1) is 5.25 Å². The third-order valence-corrected chi connectivity index (χ3v) is 6.32. The summed E-state index contributed by atoms with van der Waals surface area (Å²) in [5, 5.41) is -0.172. The predicted molar refractivity (Wildman–Crippen MR) is 72.6 cm³/mol. The second kappa shape index (κ2) is 5.27. The smallest absolute Gasteiger partial charge is 0.150 e. The van der Waals surface area contributed by atoms with Crippen LogP contribution in [0.3, 0.4) is 0 Å². The monoisotopic (exact) mass is 261 g/mol. The van der Waals surface area contributed by atoms with E-state index < -0.39 is 9.84 Å². The minimum atomic E-state index is -2.91. The molecule has 3 unspecified atom stereocenters. The lowest BCUT2D eigenvalue weighted by atomic mass is 9.68. The number of rotatable bonds is 4. The van der Waals surface area contributed by atoms with Gasteiger partial charge in [-0.1, -0.05) is 27.2 Å². The molecule has 0 aromatic rings. The lowest BCUT2D eigenvalue weighted by Gasteiger charge is -2.44. The van der Waals surface area contributed by atoms with Crippen LogP contribution < -0.4 is 5.73 Å². The second-order valence-corrected chi connectivity index (χ2v) is 8.26. The summed E-state index contributed by atoms with van der Waals surface area (Å²) in [7, 11) is -2.91. The van der Waals surface area contributed by atoms with Gasteiger partial charge in [0.1, 0.15) is 9.84 Å². The first kappa shape index (κ1) is 15.0. The van der Waals surface area contributed by atoms with E-state index in [0.717, 1.165) is 32.1 Å². The van der Waals surface area contributed by atoms with Gasteiger partial charge in [-0.15, -0.1) is 0 Å². The zero-order chi connectivity index (χ0) is 13.3. The Bertz CT molecular complexity index is 350. The normalized spacial score (nSPS) is 30.2. The van der Waals surface area contributed by atoms with E-state index in [1.165, 1.54) is 6.26 Å². The molecule has 3 nitrogen and oxygen atoms in total. The summed E-state index contributed by atoms with van der Waals surface area (Å²) in [6.07, 6.45) is 5.92. The maximum Gasteiger partial charge on any atom is 0.150 e. The van der Waals surface area contributed by atoms with Crippen molar-refractivity contribution in [2.75, 3.05) is 6.26 Å². The molecule has 4 heteroatoms. The molecule has 0 amide bonds. The molecule has 0 saturated heterocycles. The van der Waals surface area contributed by atoms with Crippen LogP contribution in [-0.2, 0) is 9.84 Å². The van der Waals surface area contributed by atoms with Gasteiger partial charge < -0.3 is 5.73 Å².